The highest BCUT2D eigenvalue weighted by Gasteiger charge is 2.22. The lowest BCUT2D eigenvalue weighted by molar-refractivity contribution is 0.0912. The lowest BCUT2D eigenvalue weighted by Gasteiger charge is -2.31. The zero-order valence-electron chi connectivity index (χ0n) is 17.8. The van der Waals surface area contributed by atoms with E-state index in [9.17, 15) is 9.59 Å². The van der Waals surface area contributed by atoms with Gasteiger partial charge in [0, 0.05) is 28.9 Å². The molecule has 0 saturated carbocycles. The maximum atomic E-state index is 12.6. The minimum Gasteiger partial charge on any atom is -0.349 e. The van der Waals surface area contributed by atoms with Crippen LogP contribution in [0.4, 0.5) is 0 Å². The lowest BCUT2D eigenvalue weighted by atomic mass is 10.0. The number of fused-ring (bicyclic) bond motifs is 1. The fraction of sp³-hybridized carbons (Fsp3) is 0.292. The van der Waals surface area contributed by atoms with Gasteiger partial charge in [-0.3, -0.25) is 14.5 Å². The first-order valence-electron chi connectivity index (χ1n) is 10.7. The molecule has 1 fully saturated rings. The predicted molar refractivity (Wildman–Crippen MR) is 130 cm³/mol. The molecule has 1 amide bonds. The fourth-order valence-electron chi connectivity index (χ4n) is 4.06. The van der Waals surface area contributed by atoms with Crippen molar-refractivity contribution in [2.75, 3.05) is 13.1 Å². The van der Waals surface area contributed by atoms with Gasteiger partial charge < -0.3 is 10.3 Å². The normalized spacial score (nSPS) is 15.3. The van der Waals surface area contributed by atoms with Crippen LogP contribution in [0.1, 0.15) is 33.2 Å². The lowest BCUT2D eigenvalue weighted by Crippen LogP contribution is -2.44. The Labute approximate surface area is 193 Å². The molecule has 1 aliphatic rings. The smallest absolute Gasteiger partial charge is 0.261 e. The van der Waals surface area contributed by atoms with Gasteiger partial charge in [0.2, 0.25) is 0 Å². The Bertz CT molecular complexity index is 1300. The summed E-state index contributed by atoms with van der Waals surface area (Å²) < 4.78 is 0. The van der Waals surface area contributed by atoms with Crippen molar-refractivity contribution in [2.45, 2.75) is 32.4 Å². The van der Waals surface area contributed by atoms with Crippen LogP contribution in [0.2, 0.25) is 0 Å². The number of piperidine rings is 1. The first-order chi connectivity index (χ1) is 15.5. The minimum absolute atomic E-state index is 0.0184. The van der Waals surface area contributed by atoms with Crippen molar-refractivity contribution in [3.05, 3.63) is 74.5 Å². The van der Waals surface area contributed by atoms with Crippen LogP contribution in [0.5, 0.6) is 0 Å². The van der Waals surface area contributed by atoms with Gasteiger partial charge in [0.1, 0.15) is 10.7 Å². The highest BCUT2D eigenvalue weighted by molar-refractivity contribution is 7.21. The number of hydrogen-bond acceptors (Lipinski definition) is 6. The van der Waals surface area contributed by atoms with Crippen LogP contribution in [-0.2, 0) is 6.54 Å². The van der Waals surface area contributed by atoms with E-state index in [4.69, 9.17) is 4.98 Å². The summed E-state index contributed by atoms with van der Waals surface area (Å²) in [5, 5.41) is 3.80. The summed E-state index contributed by atoms with van der Waals surface area (Å²) >= 11 is 3.08. The van der Waals surface area contributed by atoms with Crippen molar-refractivity contribution in [1.82, 2.24) is 20.2 Å². The summed E-state index contributed by atoms with van der Waals surface area (Å²) in [7, 11) is 0. The van der Waals surface area contributed by atoms with Gasteiger partial charge in [-0.05, 0) is 43.5 Å². The Balaban J connectivity index is 1.22. The second kappa shape index (κ2) is 8.97. The molecule has 4 aromatic rings. The highest BCUT2D eigenvalue weighted by Crippen LogP contribution is 2.30. The molecule has 1 saturated heterocycles. The number of carbonyl (C=O) groups excluding carboxylic acids is 1. The SMILES string of the molecule is Cc1ccc(C(=O)NC2CCN(Cc3nc4sc(-c5ccccc5)cc4c(=O)[nH]3)CC2)s1. The van der Waals surface area contributed by atoms with Gasteiger partial charge in [0.05, 0.1) is 16.8 Å². The van der Waals surface area contributed by atoms with Crippen molar-refractivity contribution in [3.63, 3.8) is 0 Å². The molecule has 2 N–H and O–H groups in total. The summed E-state index contributed by atoms with van der Waals surface area (Å²) in [6, 6.07) is 16.0. The van der Waals surface area contributed by atoms with E-state index in [2.05, 4.69) is 15.2 Å². The van der Waals surface area contributed by atoms with E-state index in [1.165, 1.54) is 11.3 Å². The van der Waals surface area contributed by atoms with E-state index in [0.717, 1.165) is 51.0 Å². The maximum absolute atomic E-state index is 12.6. The van der Waals surface area contributed by atoms with Gasteiger partial charge in [-0.25, -0.2) is 4.98 Å². The van der Waals surface area contributed by atoms with Crippen LogP contribution < -0.4 is 10.9 Å². The second-order valence-electron chi connectivity index (χ2n) is 8.14. The largest absolute Gasteiger partial charge is 0.349 e. The average Bonchev–Trinajstić information content (AvgIpc) is 3.43. The van der Waals surface area contributed by atoms with E-state index in [1.807, 2.05) is 55.5 Å². The topological polar surface area (TPSA) is 78.1 Å². The third-order valence-electron chi connectivity index (χ3n) is 5.77. The number of thiophene rings is 2. The summed E-state index contributed by atoms with van der Waals surface area (Å²) in [5.41, 5.74) is 1.01. The number of hydrogen-bond donors (Lipinski definition) is 2. The van der Waals surface area contributed by atoms with Crippen LogP contribution in [0.25, 0.3) is 20.7 Å². The summed E-state index contributed by atoms with van der Waals surface area (Å²) in [5.74, 6) is 0.713. The van der Waals surface area contributed by atoms with Crippen LogP contribution in [0.3, 0.4) is 0 Å². The number of nitrogens with zero attached hydrogens (tertiary/aromatic N) is 2. The zero-order valence-corrected chi connectivity index (χ0v) is 19.4. The molecule has 1 aromatic carbocycles. The Hall–Kier alpha value is -2.81. The van der Waals surface area contributed by atoms with E-state index >= 15 is 0 Å². The van der Waals surface area contributed by atoms with Gasteiger partial charge in [-0.1, -0.05) is 30.3 Å². The van der Waals surface area contributed by atoms with E-state index in [0.29, 0.717) is 17.8 Å². The number of likely N-dealkylation sites (tertiary alicyclic amines) is 1. The molecule has 0 spiro atoms. The molecule has 0 aliphatic carbocycles. The highest BCUT2D eigenvalue weighted by atomic mass is 32.1. The van der Waals surface area contributed by atoms with Crippen molar-refractivity contribution in [1.29, 1.82) is 0 Å². The van der Waals surface area contributed by atoms with Crippen molar-refractivity contribution < 1.29 is 4.79 Å². The Morgan fingerprint density at radius 1 is 1.16 bits per heavy atom. The second-order valence-corrected chi connectivity index (χ2v) is 10.5. The van der Waals surface area contributed by atoms with Gasteiger partial charge >= 0.3 is 0 Å². The molecule has 8 heteroatoms. The molecule has 32 heavy (non-hydrogen) atoms. The van der Waals surface area contributed by atoms with Crippen LogP contribution >= 0.6 is 22.7 Å². The van der Waals surface area contributed by atoms with E-state index in [1.54, 1.807) is 11.3 Å². The number of aromatic nitrogens is 2. The number of aryl methyl sites for hydroxylation is 1. The molecular weight excluding hydrogens is 440 g/mol. The number of carbonyl (C=O) groups is 1. The quantitative estimate of drug-likeness (QED) is 0.458. The number of aromatic amines is 1. The van der Waals surface area contributed by atoms with E-state index in [-0.39, 0.29) is 17.5 Å². The first kappa shape index (κ1) is 21.1. The van der Waals surface area contributed by atoms with Crippen LogP contribution in [0.15, 0.2) is 53.3 Å². The molecule has 0 unspecified atom stereocenters. The van der Waals surface area contributed by atoms with Crippen LogP contribution in [0, 0.1) is 6.92 Å². The van der Waals surface area contributed by atoms with Gasteiger partial charge in [0.25, 0.3) is 11.5 Å². The first-order valence-corrected chi connectivity index (χ1v) is 12.4. The fourth-order valence-corrected chi connectivity index (χ4v) is 5.88. The Kier molecular flexibility index (Phi) is 5.91. The number of rotatable bonds is 5. The van der Waals surface area contributed by atoms with E-state index < -0.39 is 0 Å². The number of nitrogens with one attached hydrogen (secondary N) is 2. The van der Waals surface area contributed by atoms with Gasteiger partial charge in [0.15, 0.2) is 0 Å². The third kappa shape index (κ3) is 4.53. The molecule has 0 atom stereocenters. The molecule has 164 valence electrons. The average molecular weight is 465 g/mol. The summed E-state index contributed by atoms with van der Waals surface area (Å²) in [4.78, 5) is 38.8. The van der Waals surface area contributed by atoms with Crippen molar-refractivity contribution in [2.24, 2.45) is 0 Å². The molecule has 5 rings (SSSR count). The summed E-state index contributed by atoms with van der Waals surface area (Å²) in [6.07, 6.45) is 1.78. The molecule has 6 nitrogen and oxygen atoms in total. The maximum Gasteiger partial charge on any atom is 0.261 e. The number of benzene rings is 1. The minimum atomic E-state index is -0.0863. The van der Waals surface area contributed by atoms with Crippen molar-refractivity contribution in [3.8, 4) is 10.4 Å². The Morgan fingerprint density at radius 3 is 2.66 bits per heavy atom. The Morgan fingerprint density at radius 2 is 1.94 bits per heavy atom. The number of H-pyrrole nitrogens is 1. The molecule has 0 bridgehead atoms. The van der Waals surface area contributed by atoms with Gasteiger partial charge in [-0.2, -0.15) is 0 Å². The molecule has 1 aliphatic heterocycles. The zero-order chi connectivity index (χ0) is 22.1. The molecule has 0 radical (unpaired) electrons. The van der Waals surface area contributed by atoms with Crippen LogP contribution in [-0.4, -0.2) is 39.9 Å². The van der Waals surface area contributed by atoms with Gasteiger partial charge in [-0.15, -0.1) is 22.7 Å². The monoisotopic (exact) mass is 464 g/mol. The molecular formula is C24H24N4O2S2. The van der Waals surface area contributed by atoms with Crippen molar-refractivity contribution >= 4 is 38.8 Å². The number of amides is 1. The standard InChI is InChI=1S/C24H24N4O2S2/c1-15-7-8-19(31-15)23(30)25-17-9-11-28(12-10-17)14-21-26-22(29)18-13-20(32-24(18)27-21)16-5-3-2-4-6-16/h2-8,13,17H,9-12,14H2,1H3,(H,25,30)(H,26,27,29). The molecule has 4 heterocycles. The molecule has 3 aromatic heterocycles. The third-order valence-corrected chi connectivity index (χ3v) is 7.85. The summed E-state index contributed by atoms with van der Waals surface area (Å²) in [6.45, 7) is 4.33. The predicted octanol–water partition coefficient (Wildman–Crippen LogP) is 4.42.